The average Bonchev–Trinajstić information content (AvgIpc) is 3.27. The lowest BCUT2D eigenvalue weighted by atomic mass is 9.84. The van der Waals surface area contributed by atoms with Crippen molar-refractivity contribution in [3.63, 3.8) is 0 Å². The summed E-state index contributed by atoms with van der Waals surface area (Å²) in [6.07, 6.45) is 1.28. The number of nitrogens with zero attached hydrogens (tertiary/aromatic N) is 3. The maximum absolute atomic E-state index is 6.58. The average molecular weight is 492 g/mol. The van der Waals surface area contributed by atoms with Gasteiger partial charge in [-0.3, -0.25) is 0 Å². The van der Waals surface area contributed by atoms with E-state index in [4.69, 9.17) is 16.3 Å². The van der Waals surface area contributed by atoms with E-state index in [2.05, 4.69) is 49.5 Å². The van der Waals surface area contributed by atoms with Crippen LogP contribution < -0.4 is 10.1 Å². The van der Waals surface area contributed by atoms with Crippen molar-refractivity contribution >= 4 is 39.2 Å². The van der Waals surface area contributed by atoms with Gasteiger partial charge in [-0.05, 0) is 47.5 Å². The number of rotatable bonds is 2. The fourth-order valence-electron chi connectivity index (χ4n) is 4.30. The number of anilines is 1. The zero-order valence-electron chi connectivity index (χ0n) is 16.2. The zero-order chi connectivity index (χ0) is 20.9. The minimum atomic E-state index is -0.305. The van der Waals surface area contributed by atoms with Crippen LogP contribution in [0.3, 0.4) is 0 Å². The smallest absolute Gasteiger partial charge is 0.226 e. The summed E-state index contributed by atoms with van der Waals surface area (Å²) < 4.78 is 9.53. The van der Waals surface area contributed by atoms with Gasteiger partial charge in [0.15, 0.2) is 0 Å². The van der Waals surface area contributed by atoms with Gasteiger partial charge < -0.3 is 10.1 Å². The number of hydrogen-bond acceptors (Lipinski definition) is 4. The van der Waals surface area contributed by atoms with Crippen LogP contribution in [-0.2, 0) is 0 Å². The van der Waals surface area contributed by atoms with Gasteiger partial charge in [-0.25, -0.2) is 4.68 Å². The Labute approximate surface area is 192 Å². The van der Waals surface area contributed by atoms with Crippen LogP contribution in [0.1, 0.15) is 28.8 Å². The molecule has 31 heavy (non-hydrogen) atoms. The SMILES string of the molecule is Clc1ccc([C@H]2Oc3ccccc3C3=C2[C@@H](c2ccc(Br)cc2)n2ncnc2N3)cc1. The van der Waals surface area contributed by atoms with E-state index in [9.17, 15) is 0 Å². The maximum atomic E-state index is 6.58. The van der Waals surface area contributed by atoms with Crippen LogP contribution in [0.4, 0.5) is 5.95 Å². The van der Waals surface area contributed by atoms with E-state index in [0.717, 1.165) is 38.2 Å². The lowest BCUT2D eigenvalue weighted by Crippen LogP contribution is -2.32. The summed E-state index contributed by atoms with van der Waals surface area (Å²) in [5.41, 5.74) is 5.24. The van der Waals surface area contributed by atoms with Crippen molar-refractivity contribution < 1.29 is 4.74 Å². The third-order valence-corrected chi connectivity index (χ3v) is 6.46. The molecule has 1 N–H and O–H groups in total. The van der Waals surface area contributed by atoms with Crippen LogP contribution in [0.5, 0.6) is 5.75 Å². The minimum Gasteiger partial charge on any atom is -0.480 e. The first-order valence-corrected chi connectivity index (χ1v) is 11.0. The number of benzene rings is 3. The molecule has 0 amide bonds. The van der Waals surface area contributed by atoms with Crippen molar-refractivity contribution in [2.75, 3.05) is 5.32 Å². The number of nitrogens with one attached hydrogen (secondary N) is 1. The van der Waals surface area contributed by atoms with E-state index in [1.165, 1.54) is 0 Å². The molecule has 0 bridgehead atoms. The number of fused-ring (bicyclic) bond motifs is 3. The minimum absolute atomic E-state index is 0.170. The first-order valence-electron chi connectivity index (χ1n) is 9.86. The molecule has 0 aliphatic carbocycles. The number of ether oxygens (including phenoxy) is 1. The Kier molecular flexibility index (Phi) is 4.37. The number of aromatic nitrogens is 3. The highest BCUT2D eigenvalue weighted by Gasteiger charge is 2.40. The molecule has 5 nitrogen and oxygen atoms in total. The van der Waals surface area contributed by atoms with E-state index in [-0.39, 0.29) is 12.1 Å². The Hall–Kier alpha value is -3.09. The Morgan fingerprint density at radius 2 is 1.68 bits per heavy atom. The largest absolute Gasteiger partial charge is 0.480 e. The molecule has 2 aliphatic heterocycles. The molecule has 0 unspecified atom stereocenters. The van der Waals surface area contributed by atoms with E-state index >= 15 is 0 Å². The number of halogens is 2. The van der Waals surface area contributed by atoms with Gasteiger partial charge in [0.2, 0.25) is 5.95 Å². The molecule has 2 atom stereocenters. The van der Waals surface area contributed by atoms with Crippen LogP contribution in [-0.4, -0.2) is 14.8 Å². The van der Waals surface area contributed by atoms with Crippen LogP contribution in [0.25, 0.3) is 5.70 Å². The predicted octanol–water partition coefficient (Wildman–Crippen LogP) is 6.25. The summed E-state index contributed by atoms with van der Waals surface area (Å²) in [5, 5.41) is 8.75. The van der Waals surface area contributed by atoms with Crippen LogP contribution in [0.15, 0.2) is 89.2 Å². The van der Waals surface area contributed by atoms with E-state index < -0.39 is 0 Å². The maximum Gasteiger partial charge on any atom is 0.226 e. The fraction of sp³-hybridized carbons (Fsp3) is 0.0833. The molecular formula is C24H16BrClN4O. The lowest BCUT2D eigenvalue weighted by molar-refractivity contribution is 0.223. The Morgan fingerprint density at radius 1 is 0.935 bits per heavy atom. The molecule has 7 heteroatoms. The first kappa shape index (κ1) is 18.7. The van der Waals surface area contributed by atoms with Crippen molar-refractivity contribution in [3.8, 4) is 5.75 Å². The second-order valence-electron chi connectivity index (χ2n) is 7.48. The summed E-state index contributed by atoms with van der Waals surface area (Å²) >= 11 is 9.71. The van der Waals surface area contributed by atoms with Gasteiger partial charge in [0.05, 0.1) is 5.70 Å². The van der Waals surface area contributed by atoms with E-state index in [1.807, 2.05) is 59.3 Å². The van der Waals surface area contributed by atoms with Crippen LogP contribution in [0.2, 0.25) is 5.02 Å². The Bertz CT molecular complexity index is 1310. The van der Waals surface area contributed by atoms with E-state index in [0.29, 0.717) is 11.0 Å². The summed E-state index contributed by atoms with van der Waals surface area (Å²) in [4.78, 5) is 4.46. The fourth-order valence-corrected chi connectivity index (χ4v) is 4.69. The first-order chi connectivity index (χ1) is 15.2. The van der Waals surface area contributed by atoms with Gasteiger partial charge in [-0.15, -0.1) is 0 Å². The molecule has 3 aromatic carbocycles. The van der Waals surface area contributed by atoms with Crippen molar-refractivity contribution in [2.24, 2.45) is 0 Å². The third-order valence-electron chi connectivity index (χ3n) is 5.68. The van der Waals surface area contributed by atoms with Crippen molar-refractivity contribution in [3.05, 3.63) is 111 Å². The normalized spacial score (nSPS) is 19.0. The number of para-hydroxylation sites is 1. The Morgan fingerprint density at radius 3 is 2.48 bits per heavy atom. The topological polar surface area (TPSA) is 52.0 Å². The second-order valence-corrected chi connectivity index (χ2v) is 8.84. The molecule has 2 aliphatic rings. The summed E-state index contributed by atoms with van der Waals surface area (Å²) in [6.45, 7) is 0. The molecule has 0 fully saturated rings. The highest BCUT2D eigenvalue weighted by Crippen LogP contribution is 2.50. The predicted molar refractivity (Wildman–Crippen MR) is 124 cm³/mol. The molecule has 3 heterocycles. The summed E-state index contributed by atoms with van der Waals surface area (Å²) in [5.74, 6) is 1.54. The van der Waals surface area contributed by atoms with Crippen LogP contribution in [0, 0.1) is 0 Å². The number of hydrogen-bond donors (Lipinski definition) is 1. The molecule has 1 aromatic heterocycles. The molecule has 0 saturated carbocycles. The molecule has 0 saturated heterocycles. The summed E-state index contributed by atoms with van der Waals surface area (Å²) in [6, 6.07) is 24.0. The van der Waals surface area contributed by atoms with Crippen molar-refractivity contribution in [1.82, 2.24) is 14.8 Å². The molecule has 152 valence electrons. The standard InChI is InChI=1S/C24H16BrClN4O/c25-16-9-5-14(6-10-16)22-20-21(29-24-27-13-28-30(22)24)18-3-1-2-4-19(18)31-23(20)15-7-11-17(26)12-8-15/h1-13,22-23H,(H,27,28,29)/t22-,23-/m1/s1. The van der Waals surface area contributed by atoms with Crippen LogP contribution >= 0.6 is 27.5 Å². The van der Waals surface area contributed by atoms with Crippen molar-refractivity contribution in [2.45, 2.75) is 12.1 Å². The van der Waals surface area contributed by atoms with Gasteiger partial charge in [-0.2, -0.15) is 10.1 Å². The molecular weight excluding hydrogens is 476 g/mol. The zero-order valence-corrected chi connectivity index (χ0v) is 18.5. The van der Waals surface area contributed by atoms with Gasteiger partial charge in [0, 0.05) is 20.6 Å². The molecule has 6 rings (SSSR count). The lowest BCUT2D eigenvalue weighted by Gasteiger charge is -2.39. The van der Waals surface area contributed by atoms with Gasteiger partial charge in [0.1, 0.15) is 24.2 Å². The monoisotopic (exact) mass is 490 g/mol. The highest BCUT2D eigenvalue weighted by atomic mass is 79.9. The molecule has 4 aromatic rings. The molecule has 0 radical (unpaired) electrons. The Balaban J connectivity index is 1.62. The summed E-state index contributed by atoms with van der Waals surface area (Å²) in [7, 11) is 0. The second kappa shape index (κ2) is 7.25. The molecule has 0 spiro atoms. The third kappa shape index (κ3) is 3.06. The van der Waals surface area contributed by atoms with Gasteiger partial charge >= 0.3 is 0 Å². The highest BCUT2D eigenvalue weighted by molar-refractivity contribution is 9.10. The van der Waals surface area contributed by atoms with Gasteiger partial charge in [-0.1, -0.05) is 63.9 Å². The van der Waals surface area contributed by atoms with E-state index in [1.54, 1.807) is 6.33 Å². The van der Waals surface area contributed by atoms with Crippen molar-refractivity contribution in [1.29, 1.82) is 0 Å². The van der Waals surface area contributed by atoms with Gasteiger partial charge in [0.25, 0.3) is 0 Å². The quantitative estimate of drug-likeness (QED) is 0.360.